The fourth-order valence-corrected chi connectivity index (χ4v) is 3.49. The van der Waals surface area contributed by atoms with Crippen molar-refractivity contribution in [3.63, 3.8) is 0 Å². The average Bonchev–Trinajstić information content (AvgIpc) is 2.77. The van der Waals surface area contributed by atoms with Gasteiger partial charge in [0.05, 0.1) is 0 Å². The van der Waals surface area contributed by atoms with Gasteiger partial charge >= 0.3 is 0 Å². The second kappa shape index (κ2) is 6.47. The van der Waals surface area contributed by atoms with E-state index >= 15 is 0 Å². The number of hydrogen-bond donors (Lipinski definition) is 1. The van der Waals surface area contributed by atoms with Gasteiger partial charge < -0.3 is 5.73 Å². The summed E-state index contributed by atoms with van der Waals surface area (Å²) in [4.78, 5) is 4.48. The molecule has 1 aliphatic carbocycles. The third-order valence-corrected chi connectivity index (χ3v) is 4.94. The molecule has 1 fully saturated rings. The van der Waals surface area contributed by atoms with Gasteiger partial charge in [0.1, 0.15) is 12.2 Å². The third kappa shape index (κ3) is 4.29. The normalized spacial score (nSPS) is 27.3. The van der Waals surface area contributed by atoms with Gasteiger partial charge in [-0.25, -0.2) is 9.67 Å². The molecule has 1 aliphatic rings. The Balaban J connectivity index is 2.05. The minimum absolute atomic E-state index is 0.313. The van der Waals surface area contributed by atoms with Crippen molar-refractivity contribution >= 4 is 0 Å². The van der Waals surface area contributed by atoms with Gasteiger partial charge in [0.25, 0.3) is 0 Å². The highest BCUT2D eigenvalue weighted by Gasteiger charge is 2.35. The fourth-order valence-electron chi connectivity index (χ4n) is 3.49. The van der Waals surface area contributed by atoms with Crippen LogP contribution in [0.25, 0.3) is 0 Å². The first-order valence-corrected chi connectivity index (χ1v) is 8.39. The molecule has 1 aromatic rings. The molecule has 3 atom stereocenters. The Hall–Kier alpha value is -0.900. The van der Waals surface area contributed by atoms with E-state index in [0.717, 1.165) is 31.1 Å². The van der Waals surface area contributed by atoms with Gasteiger partial charge in [-0.3, -0.25) is 0 Å². The summed E-state index contributed by atoms with van der Waals surface area (Å²) in [5.41, 5.74) is 6.77. The minimum Gasteiger partial charge on any atom is -0.327 e. The highest BCUT2D eigenvalue weighted by molar-refractivity contribution is 4.95. The van der Waals surface area contributed by atoms with E-state index in [1.807, 2.05) is 0 Å². The van der Waals surface area contributed by atoms with Crippen LogP contribution in [0.3, 0.4) is 0 Å². The molecule has 0 aromatic carbocycles. The summed E-state index contributed by atoms with van der Waals surface area (Å²) in [6.45, 7) is 12.4. The van der Waals surface area contributed by atoms with E-state index in [9.17, 15) is 0 Å². The van der Waals surface area contributed by atoms with E-state index in [-0.39, 0.29) is 0 Å². The summed E-state index contributed by atoms with van der Waals surface area (Å²) >= 11 is 0. The molecule has 2 N–H and O–H groups in total. The van der Waals surface area contributed by atoms with Crippen LogP contribution in [-0.4, -0.2) is 20.8 Å². The topological polar surface area (TPSA) is 56.7 Å². The van der Waals surface area contributed by atoms with Crippen molar-refractivity contribution in [1.29, 1.82) is 0 Å². The lowest BCUT2D eigenvalue weighted by Crippen LogP contribution is -2.41. The molecule has 0 saturated heterocycles. The fraction of sp³-hybridized carbons (Fsp3) is 0.882. The summed E-state index contributed by atoms with van der Waals surface area (Å²) in [5, 5.41) is 4.38. The number of aromatic nitrogens is 3. The van der Waals surface area contributed by atoms with Crippen molar-refractivity contribution in [2.45, 2.75) is 72.9 Å². The highest BCUT2D eigenvalue weighted by Crippen LogP contribution is 2.40. The molecule has 0 bridgehead atoms. The summed E-state index contributed by atoms with van der Waals surface area (Å²) in [7, 11) is 0. The Bertz CT molecular complexity index is 444. The monoisotopic (exact) mass is 292 g/mol. The van der Waals surface area contributed by atoms with Crippen molar-refractivity contribution in [3.05, 3.63) is 12.2 Å². The van der Waals surface area contributed by atoms with Crippen LogP contribution in [0.1, 0.15) is 59.7 Å². The van der Waals surface area contributed by atoms with Crippen molar-refractivity contribution < 1.29 is 0 Å². The molecule has 3 unspecified atom stereocenters. The minimum atomic E-state index is 0.313. The van der Waals surface area contributed by atoms with Gasteiger partial charge in [0.15, 0.2) is 0 Å². The zero-order chi connectivity index (χ0) is 15.6. The lowest BCUT2D eigenvalue weighted by Gasteiger charge is -2.40. The maximum Gasteiger partial charge on any atom is 0.138 e. The molecule has 21 heavy (non-hydrogen) atoms. The summed E-state index contributed by atoms with van der Waals surface area (Å²) in [5.74, 6) is 3.01. The molecule has 1 saturated carbocycles. The molecule has 120 valence electrons. The molecule has 4 nitrogen and oxygen atoms in total. The smallest absolute Gasteiger partial charge is 0.138 e. The Morgan fingerprint density at radius 3 is 2.67 bits per heavy atom. The van der Waals surface area contributed by atoms with Gasteiger partial charge in [-0.05, 0) is 42.4 Å². The lowest BCUT2D eigenvalue weighted by molar-refractivity contribution is 0.125. The zero-order valence-electron chi connectivity index (χ0n) is 14.3. The molecule has 0 amide bonds. The van der Waals surface area contributed by atoms with Crippen LogP contribution in [0.4, 0.5) is 0 Å². The van der Waals surface area contributed by atoms with Crippen LogP contribution in [-0.2, 0) is 13.0 Å². The average molecular weight is 292 g/mol. The number of nitrogens with zero attached hydrogens (tertiary/aromatic N) is 3. The SMILES string of the molecule is CC(C)Cn1ncnc1CC1CC(C(C)(C)C)CCC1N. The molecular formula is C17H32N4. The maximum absolute atomic E-state index is 6.39. The Morgan fingerprint density at radius 1 is 1.33 bits per heavy atom. The standard InChI is InChI=1S/C17H32N4/c1-12(2)10-21-16(19-11-20-21)9-13-8-14(17(3,4)5)6-7-15(13)18/h11-15H,6-10,18H2,1-5H3. The summed E-state index contributed by atoms with van der Waals surface area (Å²) in [6, 6.07) is 0.313. The number of rotatable bonds is 4. The Morgan fingerprint density at radius 2 is 2.05 bits per heavy atom. The van der Waals surface area contributed by atoms with Crippen molar-refractivity contribution in [1.82, 2.24) is 14.8 Å². The highest BCUT2D eigenvalue weighted by atomic mass is 15.3. The van der Waals surface area contributed by atoms with Gasteiger partial charge in [-0.2, -0.15) is 5.10 Å². The number of nitrogens with two attached hydrogens (primary N) is 1. The van der Waals surface area contributed by atoms with Crippen LogP contribution in [0.15, 0.2) is 6.33 Å². The molecule has 0 aliphatic heterocycles. The van der Waals surface area contributed by atoms with Crippen LogP contribution in [0, 0.1) is 23.2 Å². The van der Waals surface area contributed by atoms with Crippen molar-refractivity contribution in [2.75, 3.05) is 0 Å². The van der Waals surface area contributed by atoms with E-state index < -0.39 is 0 Å². The van der Waals surface area contributed by atoms with E-state index in [4.69, 9.17) is 5.73 Å². The summed E-state index contributed by atoms with van der Waals surface area (Å²) < 4.78 is 2.07. The molecule has 1 aromatic heterocycles. The first-order chi connectivity index (χ1) is 9.77. The van der Waals surface area contributed by atoms with Gasteiger partial charge in [0.2, 0.25) is 0 Å². The van der Waals surface area contributed by atoms with Crippen molar-refractivity contribution in [3.8, 4) is 0 Å². The van der Waals surface area contributed by atoms with E-state index in [0.29, 0.717) is 23.3 Å². The van der Waals surface area contributed by atoms with Crippen LogP contribution in [0.2, 0.25) is 0 Å². The van der Waals surface area contributed by atoms with Crippen LogP contribution in [0.5, 0.6) is 0 Å². The largest absolute Gasteiger partial charge is 0.327 e. The molecule has 0 spiro atoms. The van der Waals surface area contributed by atoms with Crippen LogP contribution >= 0.6 is 0 Å². The Kier molecular flexibility index (Phi) is 5.07. The molecule has 0 radical (unpaired) electrons. The lowest BCUT2D eigenvalue weighted by atomic mass is 9.67. The van der Waals surface area contributed by atoms with Gasteiger partial charge in [0, 0.05) is 19.0 Å². The number of hydrogen-bond acceptors (Lipinski definition) is 3. The second-order valence-corrected chi connectivity index (χ2v) is 8.26. The van der Waals surface area contributed by atoms with Crippen molar-refractivity contribution in [2.24, 2.45) is 28.9 Å². The Labute approximate surface area is 129 Å². The van der Waals surface area contributed by atoms with E-state index in [2.05, 4.69) is 49.4 Å². The zero-order valence-corrected chi connectivity index (χ0v) is 14.3. The maximum atomic E-state index is 6.39. The van der Waals surface area contributed by atoms with Gasteiger partial charge in [-0.1, -0.05) is 34.6 Å². The third-order valence-electron chi connectivity index (χ3n) is 4.94. The quantitative estimate of drug-likeness (QED) is 0.926. The van der Waals surface area contributed by atoms with Gasteiger partial charge in [-0.15, -0.1) is 0 Å². The van der Waals surface area contributed by atoms with E-state index in [1.54, 1.807) is 6.33 Å². The first-order valence-electron chi connectivity index (χ1n) is 8.39. The molecule has 2 rings (SSSR count). The predicted octanol–water partition coefficient (Wildman–Crippen LogP) is 3.27. The van der Waals surface area contributed by atoms with Crippen LogP contribution < -0.4 is 5.73 Å². The first kappa shape index (κ1) is 16.5. The predicted molar refractivity (Wildman–Crippen MR) is 86.8 cm³/mol. The molecular weight excluding hydrogens is 260 g/mol. The summed E-state index contributed by atoms with van der Waals surface area (Å²) in [6.07, 6.45) is 6.29. The molecule has 4 heteroatoms. The van der Waals surface area contributed by atoms with E-state index in [1.165, 1.54) is 12.8 Å². The molecule has 1 heterocycles. The second-order valence-electron chi connectivity index (χ2n) is 8.26.